The van der Waals surface area contributed by atoms with Crippen LogP contribution in [0.2, 0.25) is 0 Å². The Kier molecular flexibility index (Phi) is 5.55. The van der Waals surface area contributed by atoms with Crippen LogP contribution in [-0.4, -0.2) is 0 Å². The van der Waals surface area contributed by atoms with E-state index >= 15 is 0 Å². The first-order valence-corrected chi connectivity index (χ1v) is 9.67. The monoisotopic (exact) mass is 442 g/mol. The molecule has 0 aliphatic heterocycles. The summed E-state index contributed by atoms with van der Waals surface area (Å²) < 4.78 is 80.8. The molecular weight excluding hydrogens is 426 g/mol. The third kappa shape index (κ3) is 4.26. The van der Waals surface area contributed by atoms with Gasteiger partial charge in [-0.25, -0.2) is 13.2 Å². The molecule has 0 N–H and O–H groups in total. The van der Waals surface area contributed by atoms with Crippen LogP contribution in [0.3, 0.4) is 0 Å². The van der Waals surface area contributed by atoms with Gasteiger partial charge in [0.2, 0.25) is 0 Å². The van der Waals surface area contributed by atoms with Gasteiger partial charge in [0.15, 0.2) is 0 Å². The molecule has 0 aliphatic rings. The van der Waals surface area contributed by atoms with Crippen LogP contribution < -0.4 is 0 Å². The molecular formula is C26H16F6. The van der Waals surface area contributed by atoms with E-state index in [0.29, 0.717) is 17.7 Å². The summed E-state index contributed by atoms with van der Waals surface area (Å²) in [6.07, 6.45) is -5.18. The van der Waals surface area contributed by atoms with E-state index in [0.717, 1.165) is 22.3 Å². The van der Waals surface area contributed by atoms with Crippen LogP contribution in [0.4, 0.5) is 26.3 Å². The summed E-state index contributed by atoms with van der Waals surface area (Å²) in [6, 6.07) is 20.4. The van der Waals surface area contributed by atoms with E-state index < -0.39 is 29.2 Å². The van der Waals surface area contributed by atoms with Crippen molar-refractivity contribution in [3.8, 4) is 33.4 Å². The van der Waals surface area contributed by atoms with E-state index in [4.69, 9.17) is 0 Å². The molecule has 0 nitrogen and oxygen atoms in total. The van der Waals surface area contributed by atoms with Crippen LogP contribution >= 0.6 is 0 Å². The first-order valence-electron chi connectivity index (χ1n) is 9.67. The number of alkyl halides is 3. The standard InChI is InChI=1S/C26H16F6/c1-15-2-4-16(5-3-15)17-6-8-18(9-7-17)19-10-11-21(22(27)12-19)20-13-23(28)25(24(29)14-20)26(30,31)32/h2-14H,1H3. The lowest BCUT2D eigenvalue weighted by atomic mass is 9.96. The minimum Gasteiger partial charge on any atom is -0.206 e. The molecule has 32 heavy (non-hydrogen) atoms. The first kappa shape index (κ1) is 21.7. The molecule has 162 valence electrons. The van der Waals surface area contributed by atoms with Crippen molar-refractivity contribution in [2.45, 2.75) is 13.1 Å². The summed E-state index contributed by atoms with van der Waals surface area (Å²) >= 11 is 0. The Morgan fingerprint density at radius 3 is 1.38 bits per heavy atom. The topological polar surface area (TPSA) is 0 Å². The third-order valence-corrected chi connectivity index (χ3v) is 5.21. The fourth-order valence-electron chi connectivity index (χ4n) is 3.53. The Labute approximate surface area is 180 Å². The largest absolute Gasteiger partial charge is 0.422 e. The number of aryl methyl sites for hydroxylation is 1. The average molecular weight is 442 g/mol. The molecule has 0 radical (unpaired) electrons. The Balaban J connectivity index is 1.65. The van der Waals surface area contributed by atoms with Crippen LogP contribution in [0.25, 0.3) is 33.4 Å². The van der Waals surface area contributed by atoms with E-state index in [1.807, 2.05) is 55.5 Å². The summed E-state index contributed by atoms with van der Waals surface area (Å²) in [4.78, 5) is 0. The zero-order valence-electron chi connectivity index (χ0n) is 16.8. The Hall–Kier alpha value is -3.54. The first-order chi connectivity index (χ1) is 15.1. The molecule has 0 spiro atoms. The summed E-state index contributed by atoms with van der Waals surface area (Å²) in [6.45, 7) is 2.00. The second-order valence-corrected chi connectivity index (χ2v) is 7.45. The highest BCUT2D eigenvalue weighted by Crippen LogP contribution is 2.37. The van der Waals surface area contributed by atoms with Gasteiger partial charge in [0, 0.05) is 5.56 Å². The van der Waals surface area contributed by atoms with Gasteiger partial charge < -0.3 is 0 Å². The molecule has 0 fully saturated rings. The van der Waals surface area contributed by atoms with Gasteiger partial charge in [-0.15, -0.1) is 0 Å². The maximum absolute atomic E-state index is 14.7. The molecule has 0 amide bonds. The quantitative estimate of drug-likeness (QED) is 0.279. The maximum Gasteiger partial charge on any atom is 0.422 e. The fourth-order valence-corrected chi connectivity index (χ4v) is 3.53. The number of halogens is 6. The predicted molar refractivity (Wildman–Crippen MR) is 112 cm³/mol. The molecule has 4 aromatic carbocycles. The SMILES string of the molecule is Cc1ccc(-c2ccc(-c3ccc(-c4cc(F)c(C(F)(F)F)c(F)c4)c(F)c3)cc2)cc1. The highest BCUT2D eigenvalue weighted by atomic mass is 19.4. The predicted octanol–water partition coefficient (Wildman–Crippen LogP) is 8.43. The summed E-state index contributed by atoms with van der Waals surface area (Å²) in [7, 11) is 0. The van der Waals surface area contributed by atoms with Gasteiger partial charge >= 0.3 is 6.18 Å². The number of rotatable bonds is 3. The van der Waals surface area contributed by atoms with Gasteiger partial charge in [0.1, 0.15) is 23.0 Å². The van der Waals surface area contributed by atoms with E-state index in [1.165, 1.54) is 12.1 Å². The molecule has 6 heteroatoms. The van der Waals surface area contributed by atoms with Crippen LogP contribution in [-0.2, 0) is 6.18 Å². The van der Waals surface area contributed by atoms with Crippen molar-refractivity contribution in [1.82, 2.24) is 0 Å². The second kappa shape index (κ2) is 8.19. The normalized spacial score (nSPS) is 11.6. The molecule has 0 saturated carbocycles. The van der Waals surface area contributed by atoms with E-state index in [2.05, 4.69) is 0 Å². The van der Waals surface area contributed by atoms with E-state index in [9.17, 15) is 26.3 Å². The van der Waals surface area contributed by atoms with Gasteiger partial charge in [-0.05, 0) is 52.9 Å². The zero-order chi connectivity index (χ0) is 23.0. The lowest BCUT2D eigenvalue weighted by molar-refractivity contribution is -0.142. The molecule has 4 aromatic rings. The van der Waals surface area contributed by atoms with Crippen molar-refractivity contribution < 1.29 is 26.3 Å². The highest BCUT2D eigenvalue weighted by molar-refractivity contribution is 5.74. The van der Waals surface area contributed by atoms with Gasteiger partial charge in [-0.3, -0.25) is 0 Å². The van der Waals surface area contributed by atoms with Gasteiger partial charge in [-0.2, -0.15) is 13.2 Å². The lowest BCUT2D eigenvalue weighted by Gasteiger charge is -2.12. The summed E-state index contributed by atoms with van der Waals surface area (Å²) in [5.41, 5.74) is 1.91. The molecule has 0 atom stereocenters. The molecule has 0 saturated heterocycles. The van der Waals surface area contributed by atoms with Crippen molar-refractivity contribution in [3.63, 3.8) is 0 Å². The summed E-state index contributed by atoms with van der Waals surface area (Å²) in [5, 5.41) is 0. The molecule has 0 unspecified atom stereocenters. The fraction of sp³-hybridized carbons (Fsp3) is 0.0769. The molecule has 0 heterocycles. The van der Waals surface area contributed by atoms with Crippen LogP contribution in [0.1, 0.15) is 11.1 Å². The number of hydrogen-bond donors (Lipinski definition) is 0. The smallest absolute Gasteiger partial charge is 0.206 e. The minimum absolute atomic E-state index is 0.198. The summed E-state index contributed by atoms with van der Waals surface area (Å²) in [5.74, 6) is -4.38. The maximum atomic E-state index is 14.7. The van der Waals surface area contributed by atoms with E-state index in [1.54, 1.807) is 6.07 Å². The van der Waals surface area contributed by atoms with Crippen molar-refractivity contribution in [2.24, 2.45) is 0 Å². The third-order valence-electron chi connectivity index (χ3n) is 5.21. The Morgan fingerprint density at radius 1 is 0.500 bits per heavy atom. The van der Waals surface area contributed by atoms with Gasteiger partial charge in [-0.1, -0.05) is 66.2 Å². The van der Waals surface area contributed by atoms with Crippen molar-refractivity contribution in [3.05, 3.63) is 107 Å². The molecule has 0 aliphatic carbocycles. The number of benzene rings is 4. The van der Waals surface area contributed by atoms with Crippen molar-refractivity contribution in [1.29, 1.82) is 0 Å². The van der Waals surface area contributed by atoms with Crippen molar-refractivity contribution in [2.75, 3.05) is 0 Å². The lowest BCUT2D eigenvalue weighted by Crippen LogP contribution is -2.11. The second-order valence-electron chi connectivity index (χ2n) is 7.45. The Morgan fingerprint density at radius 2 is 0.906 bits per heavy atom. The van der Waals surface area contributed by atoms with Gasteiger partial charge in [0.05, 0.1) is 0 Å². The molecule has 4 rings (SSSR count). The zero-order valence-corrected chi connectivity index (χ0v) is 16.8. The average Bonchev–Trinajstić information content (AvgIpc) is 2.73. The highest BCUT2D eigenvalue weighted by Gasteiger charge is 2.38. The van der Waals surface area contributed by atoms with Crippen LogP contribution in [0, 0.1) is 24.4 Å². The van der Waals surface area contributed by atoms with E-state index in [-0.39, 0.29) is 11.1 Å². The van der Waals surface area contributed by atoms with Crippen molar-refractivity contribution >= 4 is 0 Å². The minimum atomic E-state index is -5.18. The Bertz CT molecular complexity index is 1250. The van der Waals surface area contributed by atoms with Gasteiger partial charge in [0.25, 0.3) is 0 Å². The molecule has 0 bridgehead atoms. The molecule has 0 aromatic heterocycles. The number of hydrogen-bond acceptors (Lipinski definition) is 0. The van der Waals surface area contributed by atoms with Crippen LogP contribution in [0.15, 0.2) is 78.9 Å². The van der Waals surface area contributed by atoms with Crippen LogP contribution in [0.5, 0.6) is 0 Å².